The molecular weight excluding hydrogens is 418 g/mol. The Kier molecular flexibility index (Phi) is 7.09. The van der Waals surface area contributed by atoms with Crippen LogP contribution in [0.4, 0.5) is 4.79 Å². The molecule has 0 saturated carbocycles. The average Bonchev–Trinajstić information content (AvgIpc) is 2.82. The van der Waals surface area contributed by atoms with E-state index in [-0.39, 0.29) is 18.0 Å². The molecule has 31 heavy (non-hydrogen) atoms. The third-order valence-corrected chi connectivity index (χ3v) is 6.25. The molecule has 3 rings (SSSR count). The van der Waals surface area contributed by atoms with Crippen LogP contribution >= 0.6 is 0 Å². The lowest BCUT2D eigenvalue weighted by Gasteiger charge is -2.23. The highest BCUT2D eigenvalue weighted by Crippen LogP contribution is 2.20. The maximum atomic E-state index is 13.2. The summed E-state index contributed by atoms with van der Waals surface area (Å²) in [4.78, 5) is 16.8. The molecule has 9 heteroatoms. The molecule has 1 N–H and O–H groups in total. The van der Waals surface area contributed by atoms with Crippen LogP contribution in [0.1, 0.15) is 11.1 Å². The summed E-state index contributed by atoms with van der Waals surface area (Å²) >= 11 is 0. The van der Waals surface area contributed by atoms with Crippen LogP contribution in [0.3, 0.4) is 0 Å². The number of nitrogens with zero attached hydrogens (tertiary/aromatic N) is 2. The number of hydrogen-bond donors (Lipinski definition) is 1. The molecule has 0 radical (unpaired) electrons. The molecule has 0 fully saturated rings. The van der Waals surface area contributed by atoms with Gasteiger partial charge in [-0.3, -0.25) is 4.98 Å². The molecular formula is C22H23N3O5S. The second-order valence-electron chi connectivity index (χ2n) is 6.56. The van der Waals surface area contributed by atoms with Gasteiger partial charge in [0.2, 0.25) is 0 Å². The van der Waals surface area contributed by atoms with E-state index in [2.05, 4.69) is 10.3 Å². The van der Waals surface area contributed by atoms with Crippen molar-refractivity contribution < 1.29 is 22.7 Å². The number of aromatic nitrogens is 1. The summed E-state index contributed by atoms with van der Waals surface area (Å²) < 4.78 is 37.4. The van der Waals surface area contributed by atoms with Gasteiger partial charge in [0.15, 0.2) is 0 Å². The number of pyridine rings is 1. The number of ether oxygens (including phenoxy) is 2. The summed E-state index contributed by atoms with van der Waals surface area (Å²) in [5.74, 6) is 1.32. The first kappa shape index (κ1) is 22.1. The molecule has 1 heterocycles. The molecule has 0 saturated heterocycles. The van der Waals surface area contributed by atoms with Crippen molar-refractivity contribution in [3.63, 3.8) is 0 Å². The minimum Gasteiger partial charge on any atom is -0.497 e. The van der Waals surface area contributed by atoms with Gasteiger partial charge in [-0.05, 0) is 47.5 Å². The van der Waals surface area contributed by atoms with Gasteiger partial charge in [0, 0.05) is 18.9 Å². The van der Waals surface area contributed by atoms with E-state index in [4.69, 9.17) is 9.47 Å². The molecule has 0 aliphatic rings. The van der Waals surface area contributed by atoms with Crippen LogP contribution in [0.15, 0.2) is 78.0 Å². The SMILES string of the molecule is COc1ccc(CNC(=O)N(Cc2ccc(OC)cc2)S(=O)(=O)c2cccnc2)cc1. The van der Waals surface area contributed by atoms with E-state index in [1.54, 1.807) is 62.8 Å². The van der Waals surface area contributed by atoms with Crippen LogP contribution in [0, 0.1) is 0 Å². The van der Waals surface area contributed by atoms with Crippen molar-refractivity contribution in [3.8, 4) is 11.5 Å². The number of carbonyl (C=O) groups excluding carboxylic acids is 1. The molecule has 1 aromatic heterocycles. The fourth-order valence-corrected chi connectivity index (χ4v) is 4.10. The van der Waals surface area contributed by atoms with Gasteiger partial charge in [0.1, 0.15) is 16.4 Å². The topological polar surface area (TPSA) is 97.8 Å². The molecule has 162 valence electrons. The summed E-state index contributed by atoms with van der Waals surface area (Å²) in [6, 6.07) is 16.1. The predicted molar refractivity (Wildman–Crippen MR) is 115 cm³/mol. The summed E-state index contributed by atoms with van der Waals surface area (Å²) in [7, 11) is -1.01. The number of nitrogens with one attached hydrogen (secondary N) is 1. The Balaban J connectivity index is 1.83. The third kappa shape index (κ3) is 5.52. The normalized spacial score (nSPS) is 10.9. The van der Waals surface area contributed by atoms with Gasteiger partial charge >= 0.3 is 6.03 Å². The molecule has 8 nitrogen and oxygen atoms in total. The third-order valence-electron chi connectivity index (χ3n) is 4.54. The standard InChI is InChI=1S/C22H23N3O5S/c1-29-19-9-5-17(6-10-19)14-24-22(26)25(16-18-7-11-20(30-2)12-8-18)31(27,28)21-4-3-13-23-15-21/h3-13,15H,14,16H2,1-2H3,(H,24,26). The molecule has 0 aliphatic heterocycles. The summed E-state index contributed by atoms with van der Waals surface area (Å²) in [5.41, 5.74) is 1.44. The van der Waals surface area contributed by atoms with Gasteiger partial charge in [0.05, 0.1) is 20.8 Å². The molecule has 0 atom stereocenters. The van der Waals surface area contributed by atoms with Crippen LogP contribution in [0.5, 0.6) is 11.5 Å². The molecule has 3 aromatic rings. The van der Waals surface area contributed by atoms with Crippen LogP contribution in [-0.2, 0) is 23.1 Å². The van der Waals surface area contributed by atoms with Gasteiger partial charge < -0.3 is 14.8 Å². The Bertz CT molecular complexity index is 1100. The summed E-state index contributed by atoms with van der Waals surface area (Å²) in [6.45, 7) is 0.0141. The maximum absolute atomic E-state index is 13.2. The largest absolute Gasteiger partial charge is 0.497 e. The Morgan fingerprint density at radius 2 is 1.52 bits per heavy atom. The number of hydrogen-bond acceptors (Lipinski definition) is 6. The number of methoxy groups -OCH3 is 2. The number of benzene rings is 2. The highest BCUT2D eigenvalue weighted by Gasteiger charge is 2.29. The quantitative estimate of drug-likeness (QED) is 0.577. The lowest BCUT2D eigenvalue weighted by molar-refractivity contribution is 0.221. The van der Waals surface area contributed by atoms with E-state index in [1.807, 2.05) is 0 Å². The minimum atomic E-state index is -4.12. The molecule has 0 aliphatic carbocycles. The van der Waals surface area contributed by atoms with Gasteiger partial charge in [-0.25, -0.2) is 17.5 Å². The van der Waals surface area contributed by atoms with Crippen LogP contribution in [0.2, 0.25) is 0 Å². The average molecular weight is 442 g/mol. The van der Waals surface area contributed by atoms with Crippen molar-refractivity contribution in [2.45, 2.75) is 18.0 Å². The van der Waals surface area contributed by atoms with E-state index in [1.165, 1.54) is 24.5 Å². The second-order valence-corrected chi connectivity index (χ2v) is 8.42. The molecule has 0 unspecified atom stereocenters. The first-order chi connectivity index (χ1) is 14.9. The summed E-state index contributed by atoms with van der Waals surface area (Å²) in [5, 5.41) is 2.68. The molecule has 0 bridgehead atoms. The first-order valence-corrected chi connectivity index (χ1v) is 10.8. The Morgan fingerprint density at radius 1 is 0.935 bits per heavy atom. The van der Waals surface area contributed by atoms with E-state index in [0.717, 1.165) is 9.87 Å². The number of sulfonamides is 1. The fourth-order valence-electron chi connectivity index (χ4n) is 2.80. The Labute approximate surface area is 181 Å². The van der Waals surface area contributed by atoms with E-state index < -0.39 is 16.1 Å². The van der Waals surface area contributed by atoms with Crippen molar-refractivity contribution in [2.75, 3.05) is 14.2 Å². The van der Waals surface area contributed by atoms with Gasteiger partial charge in [0.25, 0.3) is 10.0 Å². The predicted octanol–water partition coefficient (Wildman–Crippen LogP) is 3.20. The Hall–Kier alpha value is -3.59. The number of amides is 2. The number of carbonyl (C=O) groups is 1. The fraction of sp³-hybridized carbons (Fsp3) is 0.182. The molecule has 0 spiro atoms. The van der Waals surface area contributed by atoms with Crippen molar-refractivity contribution in [2.24, 2.45) is 0 Å². The zero-order chi connectivity index (χ0) is 22.3. The van der Waals surface area contributed by atoms with Crippen LogP contribution < -0.4 is 14.8 Å². The van der Waals surface area contributed by atoms with Gasteiger partial charge in [-0.2, -0.15) is 0 Å². The van der Waals surface area contributed by atoms with E-state index in [0.29, 0.717) is 17.1 Å². The number of rotatable bonds is 8. The van der Waals surface area contributed by atoms with Gasteiger partial charge in [-0.1, -0.05) is 24.3 Å². The van der Waals surface area contributed by atoms with Crippen molar-refractivity contribution >= 4 is 16.1 Å². The first-order valence-electron chi connectivity index (χ1n) is 9.40. The second kappa shape index (κ2) is 9.94. The monoisotopic (exact) mass is 441 g/mol. The lowest BCUT2D eigenvalue weighted by Crippen LogP contribution is -2.43. The van der Waals surface area contributed by atoms with Crippen LogP contribution in [-0.4, -0.2) is 38.0 Å². The zero-order valence-electron chi connectivity index (χ0n) is 17.2. The zero-order valence-corrected chi connectivity index (χ0v) is 18.0. The highest BCUT2D eigenvalue weighted by atomic mass is 32.2. The maximum Gasteiger partial charge on any atom is 0.331 e. The van der Waals surface area contributed by atoms with Crippen molar-refractivity contribution in [3.05, 3.63) is 84.2 Å². The molecule has 2 amide bonds. The summed E-state index contributed by atoms with van der Waals surface area (Å²) in [6.07, 6.45) is 2.68. The molecule has 2 aromatic carbocycles. The minimum absolute atomic E-state index is 0.0666. The van der Waals surface area contributed by atoms with Gasteiger partial charge in [-0.15, -0.1) is 0 Å². The van der Waals surface area contributed by atoms with Crippen molar-refractivity contribution in [1.82, 2.24) is 14.6 Å². The highest BCUT2D eigenvalue weighted by molar-refractivity contribution is 7.89. The number of urea groups is 1. The lowest BCUT2D eigenvalue weighted by atomic mass is 10.2. The van der Waals surface area contributed by atoms with Crippen LogP contribution in [0.25, 0.3) is 0 Å². The smallest absolute Gasteiger partial charge is 0.331 e. The van der Waals surface area contributed by atoms with Crippen molar-refractivity contribution in [1.29, 1.82) is 0 Å². The van der Waals surface area contributed by atoms with E-state index >= 15 is 0 Å². The van der Waals surface area contributed by atoms with E-state index in [9.17, 15) is 13.2 Å². The Morgan fingerprint density at radius 3 is 2.03 bits per heavy atom.